The number of rotatable bonds is 7. The number of ether oxygens (including phenoxy) is 2. The first-order valence-electron chi connectivity index (χ1n) is 11.8. The zero-order chi connectivity index (χ0) is 24.0. The number of esters is 1. The Labute approximate surface area is 196 Å². The van der Waals surface area contributed by atoms with Gasteiger partial charge in [0.2, 0.25) is 0 Å². The van der Waals surface area contributed by atoms with Crippen LogP contribution in [0, 0.1) is 18.3 Å². The summed E-state index contributed by atoms with van der Waals surface area (Å²) >= 11 is 0. The fourth-order valence-corrected chi connectivity index (χ4v) is 4.76. The molecule has 0 radical (unpaired) electrons. The molecule has 8 heteroatoms. The molecule has 8 nitrogen and oxygen atoms in total. The van der Waals surface area contributed by atoms with E-state index in [-0.39, 0.29) is 29.9 Å². The van der Waals surface area contributed by atoms with E-state index in [0.717, 1.165) is 30.6 Å². The number of para-hydroxylation sites is 1. The monoisotopic (exact) mass is 459 g/mol. The largest absolute Gasteiger partial charge is 0.484 e. The van der Waals surface area contributed by atoms with E-state index < -0.39 is 12.0 Å². The van der Waals surface area contributed by atoms with Gasteiger partial charge in [-0.05, 0) is 55.6 Å². The Morgan fingerprint density at radius 1 is 1.06 bits per heavy atom. The summed E-state index contributed by atoms with van der Waals surface area (Å²) in [4.78, 5) is 41.2. The number of nitrogens with one attached hydrogen (secondary N) is 1. The van der Waals surface area contributed by atoms with E-state index in [9.17, 15) is 14.4 Å². The van der Waals surface area contributed by atoms with Gasteiger partial charge >= 0.3 is 12.0 Å². The predicted molar refractivity (Wildman–Crippen MR) is 125 cm³/mol. The number of carbonyl (C=O) groups is 3. The zero-order valence-corrected chi connectivity index (χ0v) is 20.3. The van der Waals surface area contributed by atoms with Crippen LogP contribution in [0.4, 0.5) is 4.79 Å². The number of likely N-dealkylation sites (tertiary alicyclic amines) is 2. The third-order valence-electron chi connectivity index (χ3n) is 6.84. The van der Waals surface area contributed by atoms with E-state index in [4.69, 9.17) is 9.47 Å². The molecule has 0 aliphatic carbocycles. The third-order valence-corrected chi connectivity index (χ3v) is 6.84. The Balaban J connectivity index is 1.48. The van der Waals surface area contributed by atoms with Crippen molar-refractivity contribution in [1.82, 2.24) is 15.1 Å². The van der Waals surface area contributed by atoms with Gasteiger partial charge in [0.15, 0.2) is 6.61 Å². The van der Waals surface area contributed by atoms with Crippen molar-refractivity contribution in [1.29, 1.82) is 0 Å². The van der Waals surface area contributed by atoms with Crippen molar-refractivity contribution in [2.45, 2.75) is 52.5 Å². The molecule has 0 aromatic heterocycles. The van der Waals surface area contributed by atoms with Crippen molar-refractivity contribution in [3.8, 4) is 5.75 Å². The Hall–Kier alpha value is -2.77. The minimum absolute atomic E-state index is 0.00435. The highest BCUT2D eigenvalue weighted by Crippen LogP contribution is 2.40. The van der Waals surface area contributed by atoms with Gasteiger partial charge in [-0.1, -0.05) is 32.0 Å². The molecule has 2 fully saturated rings. The van der Waals surface area contributed by atoms with Gasteiger partial charge in [-0.15, -0.1) is 0 Å². The quantitative estimate of drug-likeness (QED) is 0.634. The number of piperidine rings is 1. The number of nitrogens with zero attached hydrogens (tertiary/aromatic N) is 2. The number of hydrogen-bond donors (Lipinski definition) is 1. The second-order valence-electron chi connectivity index (χ2n) is 9.76. The Morgan fingerprint density at radius 2 is 1.70 bits per heavy atom. The van der Waals surface area contributed by atoms with Crippen LogP contribution in [0.15, 0.2) is 24.3 Å². The van der Waals surface area contributed by atoms with Gasteiger partial charge in [-0.3, -0.25) is 4.79 Å². The fourth-order valence-electron chi connectivity index (χ4n) is 4.76. The van der Waals surface area contributed by atoms with Crippen LogP contribution in [0.5, 0.6) is 5.75 Å². The van der Waals surface area contributed by atoms with Crippen molar-refractivity contribution < 1.29 is 23.9 Å². The summed E-state index contributed by atoms with van der Waals surface area (Å²) in [5, 5.41) is 2.86. The average molecular weight is 460 g/mol. The number of amides is 3. The highest BCUT2D eigenvalue weighted by molar-refractivity contribution is 5.83. The van der Waals surface area contributed by atoms with Gasteiger partial charge in [0, 0.05) is 26.2 Å². The first kappa shape index (κ1) is 24.9. The molecule has 2 aliphatic rings. The molecule has 1 aromatic carbocycles. The van der Waals surface area contributed by atoms with Crippen LogP contribution < -0.4 is 10.1 Å². The molecule has 1 spiro atoms. The van der Waals surface area contributed by atoms with E-state index >= 15 is 0 Å². The summed E-state index contributed by atoms with van der Waals surface area (Å²) in [6.45, 7) is 8.66. The maximum Gasteiger partial charge on any atom is 0.328 e. The number of hydrogen-bond acceptors (Lipinski definition) is 5. The molecule has 2 saturated heterocycles. The molecular weight excluding hydrogens is 422 g/mol. The van der Waals surface area contributed by atoms with Gasteiger partial charge in [-0.25, -0.2) is 9.59 Å². The molecule has 1 unspecified atom stereocenters. The molecule has 1 aromatic rings. The molecule has 0 saturated carbocycles. The summed E-state index contributed by atoms with van der Waals surface area (Å²) in [6, 6.07) is 6.83. The maximum absolute atomic E-state index is 12.8. The molecule has 3 rings (SSSR count). The van der Waals surface area contributed by atoms with Crippen LogP contribution in [-0.4, -0.2) is 73.6 Å². The summed E-state index contributed by atoms with van der Waals surface area (Å²) in [6.07, 6.45) is 3.17. The standard InChI is InChI=1S/C25H37N3O5/c1-18(2)15-20(23(30)32-4)26-24(31)28-14-11-25(17-28)9-12-27(13-10-25)22(29)16-33-21-8-6-5-7-19(21)3/h5-8,18,20H,9-17H2,1-4H3,(H,26,31). The van der Waals surface area contributed by atoms with Crippen LogP contribution in [-0.2, 0) is 14.3 Å². The highest BCUT2D eigenvalue weighted by Gasteiger charge is 2.43. The SMILES string of the molecule is COC(=O)C(CC(C)C)NC(=O)N1CCC2(CCN(C(=O)COc3ccccc3C)CC2)C1. The van der Waals surface area contributed by atoms with Gasteiger partial charge in [0.1, 0.15) is 11.8 Å². The normalized spacial score (nSPS) is 18.3. The van der Waals surface area contributed by atoms with Crippen molar-refractivity contribution in [2.24, 2.45) is 11.3 Å². The fraction of sp³-hybridized carbons (Fsp3) is 0.640. The van der Waals surface area contributed by atoms with Gasteiger partial charge < -0.3 is 24.6 Å². The lowest BCUT2D eigenvalue weighted by molar-refractivity contribution is -0.143. The van der Waals surface area contributed by atoms with E-state index in [1.807, 2.05) is 49.9 Å². The lowest BCUT2D eigenvalue weighted by atomic mass is 9.78. The number of urea groups is 1. The van der Waals surface area contributed by atoms with Crippen LogP contribution in [0.3, 0.4) is 0 Å². The van der Waals surface area contributed by atoms with Crippen LogP contribution in [0.2, 0.25) is 0 Å². The number of carbonyl (C=O) groups excluding carboxylic acids is 3. The topological polar surface area (TPSA) is 88.2 Å². The van der Waals surface area contributed by atoms with E-state index in [2.05, 4.69) is 5.32 Å². The first-order valence-corrected chi connectivity index (χ1v) is 11.8. The Morgan fingerprint density at radius 3 is 2.30 bits per heavy atom. The van der Waals surface area contributed by atoms with Crippen LogP contribution in [0.1, 0.15) is 45.1 Å². The lowest BCUT2D eigenvalue weighted by Gasteiger charge is -2.39. The maximum atomic E-state index is 12.8. The minimum atomic E-state index is -0.633. The van der Waals surface area contributed by atoms with Gasteiger partial charge in [0.05, 0.1) is 7.11 Å². The molecule has 1 atom stereocenters. The molecule has 182 valence electrons. The summed E-state index contributed by atoms with van der Waals surface area (Å²) in [7, 11) is 1.34. The molecule has 1 N–H and O–H groups in total. The molecule has 0 bridgehead atoms. The minimum Gasteiger partial charge on any atom is -0.484 e. The van der Waals surface area contributed by atoms with Gasteiger partial charge in [-0.2, -0.15) is 0 Å². The average Bonchev–Trinajstić information content (AvgIpc) is 3.21. The number of methoxy groups -OCH3 is 1. The van der Waals surface area contributed by atoms with Crippen LogP contribution >= 0.6 is 0 Å². The molecular formula is C25H37N3O5. The Kier molecular flexibility index (Phi) is 8.21. The molecule has 2 aliphatic heterocycles. The van der Waals surface area contributed by atoms with Crippen molar-refractivity contribution in [3.63, 3.8) is 0 Å². The second kappa shape index (κ2) is 10.9. The number of aryl methyl sites for hydroxylation is 1. The molecule has 33 heavy (non-hydrogen) atoms. The summed E-state index contributed by atoms with van der Waals surface area (Å²) in [5.74, 6) is 0.580. The van der Waals surface area contributed by atoms with Crippen molar-refractivity contribution in [3.05, 3.63) is 29.8 Å². The smallest absolute Gasteiger partial charge is 0.328 e. The summed E-state index contributed by atoms with van der Waals surface area (Å²) in [5.41, 5.74) is 1.04. The summed E-state index contributed by atoms with van der Waals surface area (Å²) < 4.78 is 10.6. The van der Waals surface area contributed by atoms with E-state index in [0.29, 0.717) is 32.6 Å². The predicted octanol–water partition coefficient (Wildman–Crippen LogP) is 2.99. The van der Waals surface area contributed by atoms with Crippen molar-refractivity contribution in [2.75, 3.05) is 39.9 Å². The van der Waals surface area contributed by atoms with E-state index in [1.54, 1.807) is 4.90 Å². The molecule has 3 amide bonds. The zero-order valence-electron chi connectivity index (χ0n) is 20.3. The highest BCUT2D eigenvalue weighted by atomic mass is 16.5. The van der Waals surface area contributed by atoms with E-state index in [1.165, 1.54) is 7.11 Å². The first-order chi connectivity index (χ1) is 15.7. The lowest BCUT2D eigenvalue weighted by Crippen LogP contribution is -2.50. The third kappa shape index (κ3) is 6.39. The Bertz CT molecular complexity index is 848. The van der Waals surface area contributed by atoms with Crippen LogP contribution in [0.25, 0.3) is 0 Å². The second-order valence-corrected chi connectivity index (χ2v) is 9.76. The van der Waals surface area contributed by atoms with Crippen molar-refractivity contribution >= 4 is 17.9 Å². The van der Waals surface area contributed by atoms with Gasteiger partial charge in [0.25, 0.3) is 5.91 Å². The number of benzene rings is 1. The molecule has 2 heterocycles.